The fourth-order valence-electron chi connectivity index (χ4n) is 0.0870. The first-order valence-corrected chi connectivity index (χ1v) is 2.94. The Balaban J connectivity index is 3.14. The molecular formula is C3H8ClNOS. The molecule has 0 aliphatic heterocycles. The number of aliphatic hydroxyl groups is 1. The molecule has 0 aliphatic rings. The molecular weight excluding hydrogens is 134 g/mol. The van der Waals surface area contributed by atoms with Crippen molar-refractivity contribution in [1.29, 1.82) is 0 Å². The van der Waals surface area contributed by atoms with Crippen LogP contribution in [-0.4, -0.2) is 22.5 Å². The SMILES string of the molecule is N[C@H](CS)C(O)Cl. The molecule has 0 saturated heterocycles. The van der Waals surface area contributed by atoms with Crippen LogP contribution in [0.25, 0.3) is 0 Å². The van der Waals surface area contributed by atoms with E-state index in [2.05, 4.69) is 12.6 Å². The van der Waals surface area contributed by atoms with E-state index in [0.29, 0.717) is 5.75 Å². The fourth-order valence-corrected chi connectivity index (χ4v) is 0.500. The third kappa shape index (κ3) is 3.17. The van der Waals surface area contributed by atoms with Crippen LogP contribution in [0.3, 0.4) is 0 Å². The molecule has 0 rings (SSSR count). The highest BCUT2D eigenvalue weighted by Gasteiger charge is 2.06. The summed E-state index contributed by atoms with van der Waals surface area (Å²) in [6, 6.07) is -0.412. The first kappa shape index (κ1) is 7.56. The highest BCUT2D eigenvalue weighted by atomic mass is 35.5. The standard InChI is InChI=1S/C3H8ClNOS/c4-3(6)2(5)1-7/h2-3,6-7H,1,5H2/t2-,3?/m1/s1. The number of hydrogen-bond donors (Lipinski definition) is 3. The van der Waals surface area contributed by atoms with Gasteiger partial charge in [0.05, 0.1) is 6.04 Å². The predicted octanol–water partition coefficient (Wildman–Crippen LogP) is -0.199. The molecule has 0 saturated carbocycles. The van der Waals surface area contributed by atoms with Gasteiger partial charge < -0.3 is 10.8 Å². The number of nitrogens with two attached hydrogens (primary N) is 1. The molecule has 0 aromatic carbocycles. The van der Waals surface area contributed by atoms with Crippen molar-refractivity contribution in [1.82, 2.24) is 0 Å². The molecule has 0 amide bonds. The largest absolute Gasteiger partial charge is 0.376 e. The van der Waals surface area contributed by atoms with E-state index in [1.54, 1.807) is 0 Å². The Morgan fingerprint density at radius 3 is 2.29 bits per heavy atom. The molecule has 0 spiro atoms. The summed E-state index contributed by atoms with van der Waals surface area (Å²) in [6.45, 7) is 0. The van der Waals surface area contributed by atoms with Gasteiger partial charge in [0.15, 0.2) is 0 Å². The number of thiol groups is 1. The van der Waals surface area contributed by atoms with Crippen molar-refractivity contribution >= 4 is 24.2 Å². The molecule has 0 aromatic rings. The van der Waals surface area contributed by atoms with E-state index in [0.717, 1.165) is 0 Å². The van der Waals surface area contributed by atoms with Crippen LogP contribution in [-0.2, 0) is 0 Å². The summed E-state index contributed by atoms with van der Waals surface area (Å²) in [4.78, 5) is 0. The zero-order valence-electron chi connectivity index (χ0n) is 3.71. The van der Waals surface area contributed by atoms with Crippen molar-refractivity contribution in [3.05, 3.63) is 0 Å². The van der Waals surface area contributed by atoms with Gasteiger partial charge >= 0.3 is 0 Å². The summed E-state index contributed by atoms with van der Waals surface area (Å²) in [7, 11) is 0. The quantitative estimate of drug-likeness (QED) is 0.369. The Morgan fingerprint density at radius 1 is 1.86 bits per heavy atom. The summed E-state index contributed by atoms with van der Waals surface area (Å²) < 4.78 is 0. The summed E-state index contributed by atoms with van der Waals surface area (Å²) in [6.07, 6.45) is 0. The van der Waals surface area contributed by atoms with Crippen molar-refractivity contribution in [2.75, 3.05) is 5.75 Å². The fraction of sp³-hybridized carbons (Fsp3) is 1.00. The van der Waals surface area contributed by atoms with Crippen molar-refractivity contribution in [2.24, 2.45) is 5.73 Å². The number of aliphatic hydroxyl groups excluding tert-OH is 1. The van der Waals surface area contributed by atoms with Crippen LogP contribution in [0.15, 0.2) is 0 Å². The Morgan fingerprint density at radius 2 is 2.29 bits per heavy atom. The lowest BCUT2D eigenvalue weighted by molar-refractivity contribution is 0.233. The van der Waals surface area contributed by atoms with Gasteiger partial charge in [-0.2, -0.15) is 12.6 Å². The van der Waals surface area contributed by atoms with Crippen molar-refractivity contribution < 1.29 is 5.11 Å². The Labute approximate surface area is 53.1 Å². The summed E-state index contributed by atoms with van der Waals surface area (Å²) in [5, 5.41) is 8.41. The van der Waals surface area contributed by atoms with Gasteiger partial charge in [-0.1, -0.05) is 11.6 Å². The van der Waals surface area contributed by atoms with E-state index in [9.17, 15) is 0 Å². The topological polar surface area (TPSA) is 46.2 Å². The Bertz CT molecular complexity index is 52.2. The van der Waals surface area contributed by atoms with Gasteiger partial charge in [-0.15, -0.1) is 0 Å². The van der Waals surface area contributed by atoms with Gasteiger partial charge in [0.2, 0.25) is 0 Å². The van der Waals surface area contributed by atoms with E-state index >= 15 is 0 Å². The molecule has 7 heavy (non-hydrogen) atoms. The second kappa shape index (κ2) is 3.55. The van der Waals surface area contributed by atoms with Gasteiger partial charge in [0, 0.05) is 5.75 Å². The molecule has 0 fully saturated rings. The maximum atomic E-state index is 8.41. The molecule has 0 aliphatic carbocycles. The predicted molar refractivity (Wildman–Crippen MR) is 33.7 cm³/mol. The van der Waals surface area contributed by atoms with Gasteiger partial charge in [-0.3, -0.25) is 0 Å². The minimum Gasteiger partial charge on any atom is -0.376 e. The van der Waals surface area contributed by atoms with Crippen molar-refractivity contribution in [3.8, 4) is 0 Å². The highest BCUT2D eigenvalue weighted by Crippen LogP contribution is 1.95. The first-order valence-electron chi connectivity index (χ1n) is 1.87. The van der Waals surface area contributed by atoms with Crippen LogP contribution >= 0.6 is 24.2 Å². The van der Waals surface area contributed by atoms with E-state index in [4.69, 9.17) is 22.4 Å². The molecule has 0 bridgehead atoms. The average Bonchev–Trinajstić information content (AvgIpc) is 1.65. The molecule has 2 nitrogen and oxygen atoms in total. The monoisotopic (exact) mass is 141 g/mol. The number of halogens is 1. The summed E-state index contributed by atoms with van der Waals surface area (Å²) in [5.41, 5.74) is 4.20. The molecule has 0 heterocycles. The van der Waals surface area contributed by atoms with Gasteiger partial charge in [-0.25, -0.2) is 0 Å². The maximum absolute atomic E-state index is 8.41. The number of rotatable bonds is 2. The van der Waals surface area contributed by atoms with Crippen molar-refractivity contribution in [3.63, 3.8) is 0 Å². The molecule has 3 N–H and O–H groups in total. The third-order valence-corrected chi connectivity index (χ3v) is 1.31. The number of hydrogen-bond acceptors (Lipinski definition) is 3. The van der Waals surface area contributed by atoms with Crippen LogP contribution in [0.4, 0.5) is 0 Å². The summed E-state index contributed by atoms with van der Waals surface area (Å²) >= 11 is 8.90. The van der Waals surface area contributed by atoms with Gasteiger partial charge in [0.25, 0.3) is 0 Å². The molecule has 0 aromatic heterocycles. The van der Waals surface area contributed by atoms with Gasteiger partial charge in [0.1, 0.15) is 5.56 Å². The molecule has 44 valence electrons. The second-order valence-electron chi connectivity index (χ2n) is 1.22. The van der Waals surface area contributed by atoms with Crippen LogP contribution < -0.4 is 5.73 Å². The van der Waals surface area contributed by atoms with Crippen molar-refractivity contribution in [2.45, 2.75) is 11.6 Å². The van der Waals surface area contributed by atoms with E-state index in [1.165, 1.54) is 0 Å². The molecule has 0 radical (unpaired) electrons. The van der Waals surface area contributed by atoms with E-state index < -0.39 is 11.6 Å². The maximum Gasteiger partial charge on any atom is 0.143 e. The minimum atomic E-state index is -0.961. The Kier molecular flexibility index (Phi) is 3.83. The number of alkyl halides is 1. The summed E-state index contributed by atoms with van der Waals surface area (Å²) in [5.74, 6) is 0.407. The normalized spacial score (nSPS) is 18.9. The smallest absolute Gasteiger partial charge is 0.143 e. The Hall–Kier alpha value is 0.560. The van der Waals surface area contributed by atoms with Gasteiger partial charge in [-0.05, 0) is 0 Å². The molecule has 2 atom stereocenters. The molecule has 4 heteroatoms. The lowest BCUT2D eigenvalue weighted by Gasteiger charge is -2.07. The van der Waals surface area contributed by atoms with E-state index in [1.807, 2.05) is 0 Å². The van der Waals surface area contributed by atoms with Crippen LogP contribution in [0.1, 0.15) is 0 Å². The lowest BCUT2D eigenvalue weighted by Crippen LogP contribution is -2.32. The van der Waals surface area contributed by atoms with E-state index in [-0.39, 0.29) is 0 Å². The van der Waals surface area contributed by atoms with Crippen LogP contribution in [0, 0.1) is 0 Å². The van der Waals surface area contributed by atoms with Crippen LogP contribution in [0.5, 0.6) is 0 Å². The lowest BCUT2D eigenvalue weighted by atomic mass is 10.4. The second-order valence-corrected chi connectivity index (χ2v) is 2.03. The highest BCUT2D eigenvalue weighted by molar-refractivity contribution is 7.80. The molecule has 1 unspecified atom stereocenters. The third-order valence-electron chi connectivity index (χ3n) is 0.564. The zero-order chi connectivity index (χ0) is 5.86. The zero-order valence-corrected chi connectivity index (χ0v) is 5.36. The minimum absolute atomic E-state index is 0.407. The first-order chi connectivity index (χ1) is 3.18. The van der Waals surface area contributed by atoms with Crippen LogP contribution in [0.2, 0.25) is 0 Å². The average molecular weight is 142 g/mol.